The molecular formula is C45H47NO2. The van der Waals surface area contributed by atoms with E-state index in [2.05, 4.69) is 145 Å². The maximum Gasteiger partial charge on any atom is 0.229 e. The van der Waals surface area contributed by atoms with Crippen molar-refractivity contribution in [3.63, 3.8) is 0 Å². The average Bonchev–Trinajstić information content (AvgIpc) is 3.40. The van der Waals surface area contributed by atoms with Gasteiger partial charge >= 0.3 is 0 Å². The zero-order valence-corrected chi connectivity index (χ0v) is 27.9. The molecule has 48 heavy (non-hydrogen) atoms. The number of likely N-dealkylation sites (tertiary alicyclic amines) is 1. The molecule has 244 valence electrons. The Kier molecular flexibility index (Phi) is 11.0. The SMILES string of the molecule is C=CC[C@]1(CCCc2ccccc2)C[C@@H](COC(c2ccccc2)(c2ccccc2)c2ccccc2)N(CCCc2ccccc2)C1=O. The van der Waals surface area contributed by atoms with Crippen LogP contribution in [-0.2, 0) is 28.0 Å². The van der Waals surface area contributed by atoms with Crippen LogP contribution in [0.1, 0.15) is 59.9 Å². The van der Waals surface area contributed by atoms with Crippen LogP contribution in [0.15, 0.2) is 164 Å². The molecule has 1 heterocycles. The minimum Gasteiger partial charge on any atom is -0.359 e. The van der Waals surface area contributed by atoms with Crippen LogP contribution in [0, 0.1) is 5.41 Å². The van der Waals surface area contributed by atoms with Crippen LogP contribution in [0.2, 0.25) is 0 Å². The van der Waals surface area contributed by atoms with Crippen molar-refractivity contribution in [2.24, 2.45) is 5.41 Å². The van der Waals surface area contributed by atoms with Crippen molar-refractivity contribution in [3.05, 3.63) is 192 Å². The first-order chi connectivity index (χ1) is 23.6. The Morgan fingerprint density at radius 2 is 1.10 bits per heavy atom. The number of rotatable bonds is 16. The Balaban J connectivity index is 1.32. The molecule has 0 radical (unpaired) electrons. The molecule has 2 atom stereocenters. The zero-order valence-electron chi connectivity index (χ0n) is 27.9. The lowest BCUT2D eigenvalue weighted by Crippen LogP contribution is -2.42. The normalized spacial score (nSPS) is 17.8. The van der Waals surface area contributed by atoms with Crippen LogP contribution in [-0.4, -0.2) is 30.0 Å². The fourth-order valence-electron chi connectivity index (χ4n) is 7.67. The monoisotopic (exact) mass is 633 g/mol. The molecule has 0 unspecified atom stereocenters. The van der Waals surface area contributed by atoms with Gasteiger partial charge in [-0.3, -0.25) is 4.79 Å². The molecule has 1 amide bonds. The molecule has 0 aliphatic carbocycles. The minimum absolute atomic E-state index is 0.0551. The summed E-state index contributed by atoms with van der Waals surface area (Å²) in [5, 5.41) is 0. The molecule has 0 N–H and O–H groups in total. The molecule has 1 aliphatic rings. The van der Waals surface area contributed by atoms with Gasteiger partial charge in [0.05, 0.1) is 18.1 Å². The van der Waals surface area contributed by atoms with Crippen LogP contribution in [0.4, 0.5) is 0 Å². The van der Waals surface area contributed by atoms with E-state index in [1.54, 1.807) is 0 Å². The molecule has 6 rings (SSSR count). The summed E-state index contributed by atoms with van der Waals surface area (Å²) in [5.41, 5.74) is 4.52. The number of amides is 1. The van der Waals surface area contributed by atoms with Crippen molar-refractivity contribution in [2.45, 2.75) is 56.6 Å². The summed E-state index contributed by atoms with van der Waals surface area (Å²) in [6.07, 6.45) is 7.97. The first-order valence-electron chi connectivity index (χ1n) is 17.4. The number of ether oxygens (including phenoxy) is 1. The van der Waals surface area contributed by atoms with Gasteiger partial charge < -0.3 is 9.64 Å². The Hall–Kier alpha value is -4.73. The van der Waals surface area contributed by atoms with E-state index < -0.39 is 11.0 Å². The molecule has 3 heteroatoms. The summed E-state index contributed by atoms with van der Waals surface area (Å²) >= 11 is 0. The van der Waals surface area contributed by atoms with Gasteiger partial charge in [0.15, 0.2) is 0 Å². The number of carbonyl (C=O) groups is 1. The lowest BCUT2D eigenvalue weighted by atomic mass is 9.76. The number of aryl methyl sites for hydroxylation is 2. The van der Waals surface area contributed by atoms with Gasteiger partial charge in [-0.1, -0.05) is 158 Å². The van der Waals surface area contributed by atoms with Crippen molar-refractivity contribution < 1.29 is 9.53 Å². The summed E-state index contributed by atoms with van der Waals surface area (Å²) in [4.78, 5) is 16.8. The van der Waals surface area contributed by atoms with Crippen molar-refractivity contribution in [3.8, 4) is 0 Å². The summed E-state index contributed by atoms with van der Waals surface area (Å²) < 4.78 is 7.34. The van der Waals surface area contributed by atoms with Gasteiger partial charge in [-0.25, -0.2) is 0 Å². The van der Waals surface area contributed by atoms with Crippen molar-refractivity contribution in [1.29, 1.82) is 0 Å². The third-order valence-electron chi connectivity index (χ3n) is 10.0. The number of hydrogen-bond donors (Lipinski definition) is 0. The average molecular weight is 634 g/mol. The second-order valence-electron chi connectivity index (χ2n) is 13.1. The Bertz CT molecular complexity index is 1610. The van der Waals surface area contributed by atoms with Crippen molar-refractivity contribution in [2.75, 3.05) is 13.2 Å². The van der Waals surface area contributed by atoms with Gasteiger partial charge in [0.25, 0.3) is 0 Å². The van der Waals surface area contributed by atoms with Gasteiger partial charge in [-0.15, -0.1) is 6.58 Å². The summed E-state index contributed by atoms with van der Waals surface area (Å²) in [6.45, 7) is 5.25. The lowest BCUT2D eigenvalue weighted by Gasteiger charge is -2.38. The van der Waals surface area contributed by atoms with Crippen LogP contribution >= 0.6 is 0 Å². The molecule has 5 aromatic carbocycles. The highest BCUT2D eigenvalue weighted by molar-refractivity contribution is 5.85. The highest BCUT2D eigenvalue weighted by Gasteiger charge is 2.51. The predicted octanol–water partition coefficient (Wildman–Crippen LogP) is 9.81. The molecule has 0 spiro atoms. The lowest BCUT2D eigenvalue weighted by molar-refractivity contribution is -0.138. The molecule has 5 aromatic rings. The van der Waals surface area contributed by atoms with Gasteiger partial charge in [0.2, 0.25) is 5.91 Å². The second kappa shape index (κ2) is 15.9. The molecule has 3 nitrogen and oxygen atoms in total. The zero-order chi connectivity index (χ0) is 33.1. The third-order valence-corrected chi connectivity index (χ3v) is 10.0. The third kappa shape index (κ3) is 7.37. The van der Waals surface area contributed by atoms with E-state index in [0.717, 1.165) is 55.2 Å². The molecule has 1 aliphatic heterocycles. The standard InChI is InChI=1S/C45H47NO2/c1-2-32-44(33-18-24-37-20-8-3-9-21-37)35-42(46(43(44)47)34-19-25-38-22-10-4-11-23-38)36-48-45(39-26-12-5-13-27-39,40-28-14-6-15-29-40)41-30-16-7-17-31-41/h2-17,20-23,26-31,42H,1,18-19,24-25,32-36H2/t42-,44-/m0/s1. The van der Waals surface area contributed by atoms with Crippen LogP contribution in [0.3, 0.4) is 0 Å². The van der Waals surface area contributed by atoms with Crippen LogP contribution in [0.25, 0.3) is 0 Å². The topological polar surface area (TPSA) is 29.5 Å². The largest absolute Gasteiger partial charge is 0.359 e. The van der Waals surface area contributed by atoms with E-state index in [1.165, 1.54) is 11.1 Å². The first-order valence-corrected chi connectivity index (χ1v) is 17.4. The maximum absolute atomic E-state index is 14.7. The summed E-state index contributed by atoms with van der Waals surface area (Å²) in [5.74, 6) is 0.252. The minimum atomic E-state index is -0.834. The number of hydrogen-bond acceptors (Lipinski definition) is 2. The van der Waals surface area contributed by atoms with E-state index in [1.807, 2.05) is 24.3 Å². The van der Waals surface area contributed by atoms with E-state index in [4.69, 9.17) is 4.74 Å². The van der Waals surface area contributed by atoms with Gasteiger partial charge in [0, 0.05) is 6.54 Å². The van der Waals surface area contributed by atoms with Gasteiger partial charge in [-0.2, -0.15) is 0 Å². The number of nitrogens with zero attached hydrogens (tertiary/aromatic N) is 1. The number of carbonyl (C=O) groups excluding carboxylic acids is 1. The van der Waals surface area contributed by atoms with E-state index >= 15 is 0 Å². The molecule has 0 bridgehead atoms. The second-order valence-corrected chi connectivity index (χ2v) is 13.1. The highest BCUT2D eigenvalue weighted by atomic mass is 16.5. The van der Waals surface area contributed by atoms with E-state index in [0.29, 0.717) is 19.6 Å². The fraction of sp³-hybridized carbons (Fsp3) is 0.267. The van der Waals surface area contributed by atoms with Crippen molar-refractivity contribution >= 4 is 5.91 Å². The molecule has 1 saturated heterocycles. The smallest absolute Gasteiger partial charge is 0.229 e. The maximum atomic E-state index is 14.7. The van der Waals surface area contributed by atoms with Gasteiger partial charge in [-0.05, 0) is 72.8 Å². The molecule has 0 aromatic heterocycles. The van der Waals surface area contributed by atoms with Crippen LogP contribution in [0.5, 0.6) is 0 Å². The van der Waals surface area contributed by atoms with Crippen molar-refractivity contribution in [1.82, 2.24) is 4.90 Å². The quantitative estimate of drug-likeness (QED) is 0.0800. The predicted molar refractivity (Wildman–Crippen MR) is 197 cm³/mol. The Labute approximate surface area is 286 Å². The van der Waals surface area contributed by atoms with E-state index in [-0.39, 0.29) is 11.9 Å². The molecule has 0 saturated carbocycles. The molecular weight excluding hydrogens is 587 g/mol. The fourth-order valence-corrected chi connectivity index (χ4v) is 7.67. The first kappa shape index (κ1) is 33.2. The Morgan fingerprint density at radius 3 is 1.56 bits per heavy atom. The van der Waals surface area contributed by atoms with E-state index in [9.17, 15) is 4.79 Å². The summed E-state index contributed by atoms with van der Waals surface area (Å²) in [7, 11) is 0. The number of allylic oxidation sites excluding steroid dienone is 1. The summed E-state index contributed by atoms with van der Waals surface area (Å²) in [6, 6.07) is 52.7. The van der Waals surface area contributed by atoms with Gasteiger partial charge in [0.1, 0.15) is 5.60 Å². The van der Waals surface area contributed by atoms with Crippen LogP contribution < -0.4 is 0 Å². The Morgan fingerprint density at radius 1 is 0.667 bits per heavy atom. The molecule has 1 fully saturated rings. The highest BCUT2D eigenvalue weighted by Crippen LogP contribution is 2.46. The number of benzene rings is 5.